The van der Waals surface area contributed by atoms with E-state index in [1.54, 1.807) is 13.3 Å². The third-order valence-electron chi connectivity index (χ3n) is 5.33. The number of carbonyl (C=O) groups is 1. The molecule has 1 unspecified atom stereocenters. The van der Waals surface area contributed by atoms with Crippen molar-refractivity contribution in [1.29, 1.82) is 0 Å². The number of amides is 1. The summed E-state index contributed by atoms with van der Waals surface area (Å²) >= 11 is 0. The maximum absolute atomic E-state index is 12.8. The smallest absolute Gasteiger partial charge is 0.251 e. The molecule has 1 aliphatic carbocycles. The predicted octanol–water partition coefficient (Wildman–Crippen LogP) is 3.02. The zero-order valence-corrected chi connectivity index (χ0v) is 16.7. The van der Waals surface area contributed by atoms with Gasteiger partial charge in [-0.25, -0.2) is 9.67 Å². The van der Waals surface area contributed by atoms with E-state index in [1.165, 1.54) is 6.42 Å². The molecule has 1 aliphatic rings. The highest BCUT2D eigenvalue weighted by Crippen LogP contribution is 2.36. The minimum absolute atomic E-state index is 0.118. The van der Waals surface area contributed by atoms with Crippen molar-refractivity contribution < 1.29 is 9.90 Å². The summed E-state index contributed by atoms with van der Waals surface area (Å²) in [4.78, 5) is 21.8. The molecule has 29 heavy (non-hydrogen) atoms. The highest BCUT2D eigenvalue weighted by Gasteiger charge is 2.25. The van der Waals surface area contributed by atoms with Crippen molar-refractivity contribution in [2.24, 2.45) is 0 Å². The Bertz CT molecular complexity index is 1010. The molecule has 7 heteroatoms. The molecule has 1 fully saturated rings. The van der Waals surface area contributed by atoms with E-state index < -0.39 is 0 Å². The van der Waals surface area contributed by atoms with Gasteiger partial charge in [-0.3, -0.25) is 9.78 Å². The Hall–Kier alpha value is -3.06. The van der Waals surface area contributed by atoms with E-state index in [0.29, 0.717) is 11.5 Å². The van der Waals surface area contributed by atoms with Gasteiger partial charge >= 0.3 is 0 Å². The second-order valence-electron chi connectivity index (χ2n) is 7.70. The van der Waals surface area contributed by atoms with Crippen LogP contribution in [0.4, 0.5) is 0 Å². The quantitative estimate of drug-likeness (QED) is 0.674. The molecule has 2 aromatic heterocycles. The summed E-state index contributed by atoms with van der Waals surface area (Å²) in [5.41, 5.74) is 3.97. The lowest BCUT2D eigenvalue weighted by Gasteiger charge is -2.25. The SMILES string of the molecule is Cc1ccc(-c2cc(C(=O)NC(C)CO)cc(-n3ncnc3C3CCC3)c2)nc1. The van der Waals surface area contributed by atoms with Gasteiger partial charge in [0.15, 0.2) is 0 Å². The average molecular weight is 391 g/mol. The largest absolute Gasteiger partial charge is 0.394 e. The average Bonchev–Trinajstić information content (AvgIpc) is 3.15. The molecule has 1 atom stereocenters. The molecule has 7 nitrogen and oxygen atoms in total. The van der Waals surface area contributed by atoms with E-state index >= 15 is 0 Å². The van der Waals surface area contributed by atoms with Crippen LogP contribution in [0.1, 0.15) is 53.8 Å². The van der Waals surface area contributed by atoms with Crippen molar-refractivity contribution >= 4 is 5.91 Å². The van der Waals surface area contributed by atoms with Crippen LogP contribution in [-0.2, 0) is 0 Å². The third-order valence-corrected chi connectivity index (χ3v) is 5.33. The normalized spacial score (nSPS) is 15.0. The van der Waals surface area contributed by atoms with Crippen molar-refractivity contribution in [2.45, 2.75) is 45.1 Å². The van der Waals surface area contributed by atoms with Gasteiger partial charge in [0, 0.05) is 29.3 Å². The Morgan fingerprint density at radius 2 is 2.10 bits per heavy atom. The number of benzene rings is 1. The first kappa shape index (κ1) is 19.3. The molecular weight excluding hydrogens is 366 g/mol. The minimum atomic E-state index is -0.330. The van der Waals surface area contributed by atoms with Gasteiger partial charge in [0.1, 0.15) is 12.2 Å². The van der Waals surface area contributed by atoms with Crippen LogP contribution in [0.3, 0.4) is 0 Å². The standard InChI is InChI=1S/C22H25N5O2/c1-14-6-7-20(23-11-14)17-8-18(22(29)26-15(2)12-28)10-19(9-17)27-21(24-13-25-27)16-4-3-5-16/h6-11,13,15-16,28H,3-5,12H2,1-2H3,(H,26,29). The van der Waals surface area contributed by atoms with Gasteiger partial charge in [-0.15, -0.1) is 0 Å². The zero-order chi connectivity index (χ0) is 20.4. The maximum atomic E-state index is 12.8. The highest BCUT2D eigenvalue weighted by molar-refractivity contribution is 5.96. The molecule has 0 aliphatic heterocycles. The first-order valence-electron chi connectivity index (χ1n) is 9.95. The number of nitrogens with one attached hydrogen (secondary N) is 1. The Morgan fingerprint density at radius 1 is 1.28 bits per heavy atom. The van der Waals surface area contributed by atoms with Crippen LogP contribution < -0.4 is 5.32 Å². The second kappa shape index (κ2) is 8.13. The summed E-state index contributed by atoms with van der Waals surface area (Å²) in [6.45, 7) is 3.63. The van der Waals surface area contributed by atoms with E-state index in [2.05, 4.69) is 20.4 Å². The van der Waals surface area contributed by atoms with Gasteiger partial charge in [-0.2, -0.15) is 5.10 Å². The maximum Gasteiger partial charge on any atom is 0.251 e. The molecule has 0 bridgehead atoms. The Labute approximate surface area is 169 Å². The fourth-order valence-electron chi connectivity index (χ4n) is 3.40. The van der Waals surface area contributed by atoms with Crippen molar-refractivity contribution in [3.63, 3.8) is 0 Å². The van der Waals surface area contributed by atoms with E-state index in [9.17, 15) is 9.90 Å². The van der Waals surface area contributed by atoms with Crippen LogP contribution in [0.5, 0.6) is 0 Å². The first-order chi connectivity index (χ1) is 14.0. The van der Waals surface area contributed by atoms with E-state index in [0.717, 1.165) is 41.2 Å². The molecule has 0 saturated heterocycles. The number of hydrogen-bond acceptors (Lipinski definition) is 5. The molecular formula is C22H25N5O2. The van der Waals surface area contributed by atoms with Crippen LogP contribution in [0.25, 0.3) is 16.9 Å². The molecule has 0 radical (unpaired) electrons. The van der Waals surface area contributed by atoms with Crippen LogP contribution in [0, 0.1) is 6.92 Å². The molecule has 4 rings (SSSR count). The van der Waals surface area contributed by atoms with Gasteiger partial charge in [0.05, 0.1) is 18.0 Å². The molecule has 1 amide bonds. The van der Waals surface area contributed by atoms with E-state index in [-0.39, 0.29) is 18.6 Å². The topological polar surface area (TPSA) is 92.9 Å². The second-order valence-corrected chi connectivity index (χ2v) is 7.70. The number of aryl methyl sites for hydroxylation is 1. The van der Waals surface area contributed by atoms with Crippen molar-refractivity contribution in [3.05, 3.63) is 59.8 Å². The number of nitrogens with zero attached hydrogens (tertiary/aromatic N) is 4. The van der Waals surface area contributed by atoms with Crippen LogP contribution in [-0.4, -0.2) is 43.4 Å². The minimum Gasteiger partial charge on any atom is -0.394 e. The Morgan fingerprint density at radius 3 is 2.76 bits per heavy atom. The fourth-order valence-corrected chi connectivity index (χ4v) is 3.40. The Kier molecular flexibility index (Phi) is 5.40. The van der Waals surface area contributed by atoms with Crippen LogP contribution in [0.2, 0.25) is 0 Å². The first-order valence-corrected chi connectivity index (χ1v) is 9.95. The molecule has 1 aromatic carbocycles. The summed E-state index contributed by atoms with van der Waals surface area (Å²) in [7, 11) is 0. The summed E-state index contributed by atoms with van der Waals surface area (Å²) < 4.78 is 1.83. The molecule has 3 aromatic rings. The molecule has 2 N–H and O–H groups in total. The monoisotopic (exact) mass is 391 g/mol. The van der Waals surface area contributed by atoms with Gasteiger partial charge in [-0.1, -0.05) is 12.5 Å². The highest BCUT2D eigenvalue weighted by atomic mass is 16.3. The lowest BCUT2D eigenvalue weighted by Crippen LogP contribution is -2.35. The lowest BCUT2D eigenvalue weighted by atomic mass is 9.85. The molecule has 2 heterocycles. The number of aliphatic hydroxyl groups is 1. The predicted molar refractivity (Wildman–Crippen MR) is 110 cm³/mol. The number of hydrogen-bond donors (Lipinski definition) is 2. The van der Waals surface area contributed by atoms with Gasteiger partial charge < -0.3 is 10.4 Å². The van der Waals surface area contributed by atoms with Gasteiger partial charge in [-0.05, 0) is 56.5 Å². The third kappa shape index (κ3) is 4.05. The Balaban J connectivity index is 1.79. The van der Waals surface area contributed by atoms with Crippen LogP contribution in [0.15, 0.2) is 42.9 Å². The van der Waals surface area contributed by atoms with Gasteiger partial charge in [0.25, 0.3) is 5.91 Å². The summed E-state index contributed by atoms with van der Waals surface area (Å²) in [5.74, 6) is 1.10. The number of pyridine rings is 1. The number of aliphatic hydroxyl groups excluding tert-OH is 1. The zero-order valence-electron chi connectivity index (χ0n) is 16.7. The molecule has 1 saturated carbocycles. The van der Waals surface area contributed by atoms with E-state index in [4.69, 9.17) is 0 Å². The molecule has 0 spiro atoms. The number of aromatic nitrogens is 4. The van der Waals surface area contributed by atoms with Crippen molar-refractivity contribution in [2.75, 3.05) is 6.61 Å². The number of carbonyl (C=O) groups excluding carboxylic acids is 1. The van der Waals surface area contributed by atoms with Gasteiger partial charge in [0.2, 0.25) is 0 Å². The lowest BCUT2D eigenvalue weighted by molar-refractivity contribution is 0.0922. The van der Waals surface area contributed by atoms with Crippen molar-refractivity contribution in [1.82, 2.24) is 25.1 Å². The van der Waals surface area contributed by atoms with Crippen LogP contribution >= 0.6 is 0 Å². The molecule has 150 valence electrons. The summed E-state index contributed by atoms with van der Waals surface area (Å²) in [5, 5.41) is 16.5. The summed E-state index contributed by atoms with van der Waals surface area (Å²) in [6, 6.07) is 9.23. The van der Waals surface area contributed by atoms with E-state index in [1.807, 2.05) is 48.1 Å². The fraction of sp³-hybridized carbons (Fsp3) is 0.364. The summed E-state index contributed by atoms with van der Waals surface area (Å²) in [6.07, 6.45) is 6.80. The number of rotatable bonds is 6. The van der Waals surface area contributed by atoms with Crippen molar-refractivity contribution in [3.8, 4) is 16.9 Å².